The van der Waals surface area contributed by atoms with Gasteiger partial charge in [0, 0.05) is 0 Å². The van der Waals surface area contributed by atoms with Gasteiger partial charge in [-0.2, -0.15) is 0 Å². The molecule has 2 atom stereocenters. The summed E-state index contributed by atoms with van der Waals surface area (Å²) >= 11 is 0. The van der Waals surface area contributed by atoms with E-state index in [1.165, 1.54) is 12.0 Å². The van der Waals surface area contributed by atoms with Crippen LogP contribution in [0.25, 0.3) is 0 Å². The molecule has 15 heavy (non-hydrogen) atoms. The molecule has 1 rings (SSSR count). The van der Waals surface area contributed by atoms with Crippen molar-refractivity contribution >= 4 is 0 Å². The minimum absolute atomic E-state index is 0.0689. The van der Waals surface area contributed by atoms with Crippen LogP contribution in [0.1, 0.15) is 38.7 Å². The maximum atomic E-state index is 5.61. The number of hydrogen-bond acceptors (Lipinski definition) is 1. The molecule has 0 aromatic heterocycles. The van der Waals surface area contributed by atoms with Crippen molar-refractivity contribution in [3.05, 3.63) is 42.5 Å². The van der Waals surface area contributed by atoms with Crippen LogP contribution in [0.5, 0.6) is 5.75 Å². The van der Waals surface area contributed by atoms with E-state index in [9.17, 15) is 0 Å². The predicted octanol–water partition coefficient (Wildman–Crippen LogP) is 4.15. The Hall–Kier alpha value is -1.24. The van der Waals surface area contributed by atoms with Crippen LogP contribution < -0.4 is 4.74 Å². The highest BCUT2D eigenvalue weighted by Gasteiger charge is 2.03. The Morgan fingerprint density at radius 1 is 1.27 bits per heavy atom. The van der Waals surface area contributed by atoms with E-state index in [0.29, 0.717) is 5.92 Å². The highest BCUT2D eigenvalue weighted by atomic mass is 16.5. The zero-order valence-electron chi connectivity index (χ0n) is 9.86. The fourth-order valence-electron chi connectivity index (χ4n) is 1.37. The van der Waals surface area contributed by atoms with Crippen molar-refractivity contribution in [1.29, 1.82) is 0 Å². The van der Waals surface area contributed by atoms with Gasteiger partial charge in [0.1, 0.15) is 11.9 Å². The van der Waals surface area contributed by atoms with Gasteiger partial charge in [0.2, 0.25) is 0 Å². The number of benzene rings is 1. The Kier molecular flexibility index (Phi) is 4.41. The molecule has 0 N–H and O–H groups in total. The van der Waals surface area contributed by atoms with E-state index >= 15 is 0 Å². The molecule has 0 heterocycles. The van der Waals surface area contributed by atoms with E-state index in [-0.39, 0.29) is 6.10 Å². The molecule has 0 saturated heterocycles. The van der Waals surface area contributed by atoms with Gasteiger partial charge in [-0.25, -0.2) is 0 Å². The summed E-state index contributed by atoms with van der Waals surface area (Å²) in [5.74, 6) is 1.53. The smallest absolute Gasteiger partial charge is 0.120 e. The van der Waals surface area contributed by atoms with Gasteiger partial charge >= 0.3 is 0 Å². The second kappa shape index (κ2) is 5.59. The van der Waals surface area contributed by atoms with Crippen molar-refractivity contribution in [1.82, 2.24) is 0 Å². The third-order valence-corrected chi connectivity index (χ3v) is 2.72. The zero-order chi connectivity index (χ0) is 11.3. The first-order chi connectivity index (χ1) is 7.17. The van der Waals surface area contributed by atoms with E-state index in [1.54, 1.807) is 6.08 Å². The minimum atomic E-state index is 0.0689. The van der Waals surface area contributed by atoms with Crippen LogP contribution in [-0.2, 0) is 0 Å². The molecule has 1 aromatic carbocycles. The lowest BCUT2D eigenvalue weighted by Gasteiger charge is -2.12. The summed E-state index contributed by atoms with van der Waals surface area (Å²) in [6.07, 6.45) is 3.03. The molecule has 1 aromatic rings. The average Bonchev–Trinajstić information content (AvgIpc) is 2.29. The highest BCUT2D eigenvalue weighted by molar-refractivity contribution is 5.29. The maximum absolute atomic E-state index is 5.61. The Bertz CT molecular complexity index is 300. The van der Waals surface area contributed by atoms with Gasteiger partial charge in [-0.15, -0.1) is 0 Å². The molecule has 0 fully saturated rings. The van der Waals surface area contributed by atoms with Crippen LogP contribution in [0, 0.1) is 0 Å². The average molecular weight is 204 g/mol. The molecule has 1 nitrogen and oxygen atoms in total. The molecule has 0 saturated carbocycles. The van der Waals surface area contributed by atoms with E-state index in [4.69, 9.17) is 4.74 Å². The predicted molar refractivity (Wildman–Crippen MR) is 65.4 cm³/mol. The first-order valence-electron chi connectivity index (χ1n) is 5.56. The number of hydrogen-bond donors (Lipinski definition) is 0. The quantitative estimate of drug-likeness (QED) is 0.654. The van der Waals surface area contributed by atoms with Crippen LogP contribution in [0.3, 0.4) is 0 Å². The highest BCUT2D eigenvalue weighted by Crippen LogP contribution is 2.21. The Labute approximate surface area is 92.8 Å². The lowest BCUT2D eigenvalue weighted by atomic mass is 9.99. The lowest BCUT2D eigenvalue weighted by molar-refractivity contribution is 0.270. The van der Waals surface area contributed by atoms with Gasteiger partial charge in [-0.05, 0) is 37.0 Å². The molecule has 0 amide bonds. The largest absolute Gasteiger partial charge is 0.487 e. The van der Waals surface area contributed by atoms with Crippen LogP contribution in [0.2, 0.25) is 0 Å². The summed E-state index contributed by atoms with van der Waals surface area (Å²) in [7, 11) is 0. The van der Waals surface area contributed by atoms with Gasteiger partial charge in [0.15, 0.2) is 0 Å². The van der Waals surface area contributed by atoms with Crippen LogP contribution in [0.15, 0.2) is 36.9 Å². The van der Waals surface area contributed by atoms with Crippen LogP contribution >= 0.6 is 0 Å². The summed E-state index contributed by atoms with van der Waals surface area (Å²) in [5, 5.41) is 0. The molecule has 2 unspecified atom stereocenters. The third-order valence-electron chi connectivity index (χ3n) is 2.72. The van der Waals surface area contributed by atoms with Crippen molar-refractivity contribution in [2.24, 2.45) is 0 Å². The topological polar surface area (TPSA) is 9.23 Å². The second-order valence-corrected chi connectivity index (χ2v) is 3.94. The number of ether oxygens (including phenoxy) is 1. The van der Waals surface area contributed by atoms with Crippen molar-refractivity contribution in [3.8, 4) is 5.75 Å². The molecule has 82 valence electrons. The molecular formula is C14H20O. The molecule has 0 aliphatic rings. The zero-order valence-corrected chi connectivity index (χ0v) is 9.86. The van der Waals surface area contributed by atoms with E-state index in [2.05, 4.69) is 32.6 Å². The molecular weight excluding hydrogens is 184 g/mol. The van der Waals surface area contributed by atoms with Gasteiger partial charge in [0.05, 0.1) is 0 Å². The van der Waals surface area contributed by atoms with Crippen molar-refractivity contribution in [2.75, 3.05) is 0 Å². The summed E-state index contributed by atoms with van der Waals surface area (Å²) < 4.78 is 5.61. The minimum Gasteiger partial charge on any atom is -0.487 e. The van der Waals surface area contributed by atoms with Crippen LogP contribution in [-0.4, -0.2) is 6.10 Å². The molecule has 0 bridgehead atoms. The normalized spacial score (nSPS) is 14.3. The van der Waals surface area contributed by atoms with Gasteiger partial charge in [-0.3, -0.25) is 0 Å². The first kappa shape index (κ1) is 11.8. The van der Waals surface area contributed by atoms with Crippen LogP contribution in [0.4, 0.5) is 0 Å². The first-order valence-corrected chi connectivity index (χ1v) is 5.56. The molecule has 0 radical (unpaired) electrons. The van der Waals surface area contributed by atoms with Gasteiger partial charge in [-0.1, -0.05) is 38.6 Å². The molecule has 0 aliphatic carbocycles. The van der Waals surface area contributed by atoms with Crippen molar-refractivity contribution in [2.45, 2.75) is 39.2 Å². The lowest BCUT2D eigenvalue weighted by Crippen LogP contribution is -2.07. The Morgan fingerprint density at radius 2 is 1.87 bits per heavy atom. The van der Waals surface area contributed by atoms with E-state index < -0.39 is 0 Å². The second-order valence-electron chi connectivity index (χ2n) is 3.94. The summed E-state index contributed by atoms with van der Waals surface area (Å²) in [6.45, 7) is 10.1. The van der Waals surface area contributed by atoms with Crippen molar-refractivity contribution in [3.63, 3.8) is 0 Å². The maximum Gasteiger partial charge on any atom is 0.120 e. The molecule has 0 aliphatic heterocycles. The summed E-state index contributed by atoms with van der Waals surface area (Å²) in [6, 6.07) is 8.33. The standard InChI is InChI=1S/C14H20O/c1-5-11(3)13-7-9-14(10-8-13)15-12(4)6-2/h6-12H,2,5H2,1,3-4H3. The summed E-state index contributed by atoms with van der Waals surface area (Å²) in [5.41, 5.74) is 1.37. The Balaban J connectivity index is 2.67. The van der Waals surface area contributed by atoms with Crippen molar-refractivity contribution < 1.29 is 4.74 Å². The third kappa shape index (κ3) is 3.43. The van der Waals surface area contributed by atoms with E-state index in [1.807, 2.05) is 19.1 Å². The molecule has 0 spiro atoms. The van der Waals surface area contributed by atoms with Gasteiger partial charge in [0.25, 0.3) is 0 Å². The van der Waals surface area contributed by atoms with E-state index in [0.717, 1.165) is 5.75 Å². The summed E-state index contributed by atoms with van der Waals surface area (Å²) in [4.78, 5) is 0. The SMILES string of the molecule is C=CC(C)Oc1ccc(C(C)CC)cc1. The molecule has 1 heteroatoms. The van der Waals surface area contributed by atoms with Gasteiger partial charge < -0.3 is 4.74 Å². The fourth-order valence-corrected chi connectivity index (χ4v) is 1.37. The monoisotopic (exact) mass is 204 g/mol. The fraction of sp³-hybridized carbons (Fsp3) is 0.429. The Morgan fingerprint density at radius 3 is 2.33 bits per heavy atom. The number of rotatable bonds is 5.